The maximum atomic E-state index is 13.3. The first-order valence-corrected chi connectivity index (χ1v) is 8.30. The van der Waals surface area contributed by atoms with Crippen molar-refractivity contribution in [3.05, 3.63) is 78.1 Å². The molecule has 0 unspecified atom stereocenters. The third-order valence-electron chi connectivity index (χ3n) is 4.17. The van der Waals surface area contributed by atoms with E-state index >= 15 is 0 Å². The molecule has 5 nitrogen and oxygen atoms in total. The molecule has 0 aliphatic rings. The lowest BCUT2D eigenvalue weighted by atomic mass is 10.1. The number of rotatable bonds is 3. The lowest BCUT2D eigenvalue weighted by Crippen LogP contribution is -2.12. The fourth-order valence-electron chi connectivity index (χ4n) is 2.89. The zero-order valence-electron chi connectivity index (χ0n) is 14.3. The molecule has 1 amide bonds. The van der Waals surface area contributed by atoms with Crippen molar-refractivity contribution in [1.29, 1.82) is 0 Å². The maximum Gasteiger partial charge on any atom is 0.417 e. The number of imidazole rings is 1. The number of aromatic nitrogens is 3. The average molecular weight is 382 g/mol. The molecule has 0 aliphatic heterocycles. The van der Waals surface area contributed by atoms with Crippen LogP contribution in [0.15, 0.2) is 67.0 Å². The number of hydrogen-bond donors (Lipinski definition) is 2. The second-order valence-electron chi connectivity index (χ2n) is 6.03. The van der Waals surface area contributed by atoms with Gasteiger partial charge in [0.1, 0.15) is 11.3 Å². The largest absolute Gasteiger partial charge is 0.417 e. The molecule has 2 aromatic heterocycles. The van der Waals surface area contributed by atoms with E-state index in [0.29, 0.717) is 22.3 Å². The molecule has 4 aromatic rings. The van der Waals surface area contributed by atoms with Crippen molar-refractivity contribution < 1.29 is 18.0 Å². The van der Waals surface area contributed by atoms with E-state index in [-0.39, 0.29) is 17.3 Å². The Hall–Kier alpha value is -3.68. The number of H-pyrrole nitrogens is 1. The van der Waals surface area contributed by atoms with Crippen LogP contribution in [0.1, 0.15) is 15.9 Å². The number of halogens is 3. The van der Waals surface area contributed by atoms with Crippen LogP contribution in [0.3, 0.4) is 0 Å². The van der Waals surface area contributed by atoms with Crippen molar-refractivity contribution in [2.45, 2.75) is 6.18 Å². The van der Waals surface area contributed by atoms with Crippen molar-refractivity contribution in [1.82, 2.24) is 15.0 Å². The van der Waals surface area contributed by atoms with Gasteiger partial charge in [0.05, 0.1) is 22.3 Å². The van der Waals surface area contributed by atoms with E-state index < -0.39 is 11.7 Å². The van der Waals surface area contributed by atoms with E-state index in [1.54, 1.807) is 36.5 Å². The number of nitrogens with one attached hydrogen (secondary N) is 2. The molecule has 0 spiro atoms. The molecule has 2 N–H and O–H groups in total. The van der Waals surface area contributed by atoms with Crippen LogP contribution in [0, 0.1) is 0 Å². The molecule has 4 rings (SSSR count). The van der Waals surface area contributed by atoms with Crippen molar-refractivity contribution in [3.8, 4) is 11.4 Å². The Balaban J connectivity index is 1.76. The number of aromatic amines is 1. The number of para-hydroxylation sites is 1. The van der Waals surface area contributed by atoms with Crippen molar-refractivity contribution in [2.75, 3.05) is 5.32 Å². The third kappa shape index (κ3) is 3.32. The Bertz CT molecular complexity index is 1150. The van der Waals surface area contributed by atoms with Crippen molar-refractivity contribution >= 4 is 22.6 Å². The van der Waals surface area contributed by atoms with Crippen molar-refractivity contribution in [3.63, 3.8) is 0 Å². The minimum atomic E-state index is -4.51. The van der Waals surface area contributed by atoms with Gasteiger partial charge >= 0.3 is 6.18 Å². The quantitative estimate of drug-likeness (QED) is 0.530. The summed E-state index contributed by atoms with van der Waals surface area (Å²) >= 11 is 0. The van der Waals surface area contributed by atoms with Crippen LogP contribution in [0.4, 0.5) is 18.9 Å². The van der Waals surface area contributed by atoms with Gasteiger partial charge in [0.15, 0.2) is 0 Å². The van der Waals surface area contributed by atoms with Crippen LogP contribution in [0.5, 0.6) is 0 Å². The first-order chi connectivity index (χ1) is 13.4. The second-order valence-corrected chi connectivity index (χ2v) is 6.03. The van der Waals surface area contributed by atoms with Gasteiger partial charge in [-0.3, -0.25) is 9.78 Å². The predicted molar refractivity (Wildman–Crippen MR) is 98.7 cm³/mol. The minimum Gasteiger partial charge on any atom is -0.338 e. The Morgan fingerprint density at radius 3 is 2.57 bits per heavy atom. The molecule has 0 saturated carbocycles. The van der Waals surface area contributed by atoms with E-state index in [1.165, 1.54) is 24.4 Å². The topological polar surface area (TPSA) is 70.7 Å². The molecular formula is C20H13F3N4O. The predicted octanol–water partition coefficient (Wildman–Crippen LogP) is 4.90. The summed E-state index contributed by atoms with van der Waals surface area (Å²) in [6, 6.07) is 13.4. The molecule has 8 heteroatoms. The van der Waals surface area contributed by atoms with Crippen LogP contribution >= 0.6 is 0 Å². The van der Waals surface area contributed by atoms with E-state index in [9.17, 15) is 18.0 Å². The van der Waals surface area contributed by atoms with Crippen LogP contribution in [0.25, 0.3) is 22.4 Å². The number of nitrogens with zero attached hydrogens (tertiary/aromatic N) is 2. The van der Waals surface area contributed by atoms with Crippen molar-refractivity contribution in [2.24, 2.45) is 0 Å². The molecule has 28 heavy (non-hydrogen) atoms. The summed E-state index contributed by atoms with van der Waals surface area (Å²) in [5.41, 5.74) is 0.782. The smallest absolute Gasteiger partial charge is 0.338 e. The Morgan fingerprint density at radius 2 is 1.82 bits per heavy atom. The molecule has 0 saturated heterocycles. The zero-order valence-corrected chi connectivity index (χ0v) is 14.3. The molecule has 2 aromatic carbocycles. The van der Waals surface area contributed by atoms with Gasteiger partial charge in [-0.15, -0.1) is 0 Å². The van der Waals surface area contributed by atoms with Crippen LogP contribution in [-0.2, 0) is 6.18 Å². The number of alkyl halides is 3. The van der Waals surface area contributed by atoms with Gasteiger partial charge in [-0.2, -0.15) is 13.2 Å². The Kier molecular flexibility index (Phi) is 4.31. The molecule has 0 radical (unpaired) electrons. The summed E-state index contributed by atoms with van der Waals surface area (Å²) in [7, 11) is 0. The fourth-order valence-corrected chi connectivity index (χ4v) is 2.89. The molecule has 0 bridgehead atoms. The highest BCUT2D eigenvalue weighted by atomic mass is 19.4. The third-order valence-corrected chi connectivity index (χ3v) is 4.17. The summed E-state index contributed by atoms with van der Waals surface area (Å²) in [6.45, 7) is 0. The number of anilines is 1. The standard InChI is InChI=1S/C20H13F3N4O/c21-20(22,23)14-7-2-1-6-13(14)18-25-15-8-3-9-16(17(15)27-18)26-19(28)12-5-4-10-24-11-12/h1-11H,(H,25,27)(H,26,28). The van der Waals surface area contributed by atoms with Gasteiger partial charge in [-0.05, 0) is 30.3 Å². The van der Waals surface area contributed by atoms with E-state index in [0.717, 1.165) is 6.07 Å². The normalized spacial score (nSPS) is 11.5. The highest BCUT2D eigenvalue weighted by Gasteiger charge is 2.34. The van der Waals surface area contributed by atoms with Gasteiger partial charge in [0.25, 0.3) is 5.91 Å². The fraction of sp³-hybridized carbons (Fsp3) is 0.0500. The first kappa shape index (κ1) is 17.7. The number of carbonyl (C=O) groups is 1. The number of carbonyl (C=O) groups excluding carboxylic acids is 1. The number of amides is 1. The van der Waals surface area contributed by atoms with Gasteiger partial charge < -0.3 is 10.3 Å². The lowest BCUT2D eigenvalue weighted by molar-refractivity contribution is -0.137. The highest BCUT2D eigenvalue weighted by molar-refractivity contribution is 6.08. The Morgan fingerprint density at radius 1 is 1.00 bits per heavy atom. The SMILES string of the molecule is O=C(Nc1cccc2[nH]c(-c3ccccc3C(F)(F)F)nc12)c1cccnc1. The number of pyridine rings is 1. The molecule has 2 heterocycles. The maximum absolute atomic E-state index is 13.3. The summed E-state index contributed by atoms with van der Waals surface area (Å²) in [5.74, 6) is -0.313. The second kappa shape index (κ2) is 6.80. The van der Waals surface area contributed by atoms with Gasteiger partial charge in [-0.25, -0.2) is 4.98 Å². The molecule has 0 fully saturated rings. The van der Waals surface area contributed by atoms with E-state index in [4.69, 9.17) is 0 Å². The molecule has 140 valence electrons. The summed E-state index contributed by atoms with van der Waals surface area (Å²) in [4.78, 5) is 23.5. The summed E-state index contributed by atoms with van der Waals surface area (Å²) < 4.78 is 40.0. The monoisotopic (exact) mass is 382 g/mol. The van der Waals surface area contributed by atoms with Crippen LogP contribution in [-0.4, -0.2) is 20.9 Å². The molecule has 0 atom stereocenters. The van der Waals surface area contributed by atoms with Gasteiger partial charge in [0, 0.05) is 18.0 Å². The first-order valence-electron chi connectivity index (χ1n) is 8.30. The summed E-state index contributed by atoms with van der Waals surface area (Å²) in [5, 5.41) is 2.73. The Labute approximate surface area is 157 Å². The van der Waals surface area contributed by atoms with E-state index in [1.807, 2.05) is 0 Å². The van der Waals surface area contributed by atoms with Gasteiger partial charge in [0.2, 0.25) is 0 Å². The van der Waals surface area contributed by atoms with Gasteiger partial charge in [-0.1, -0.05) is 24.3 Å². The summed E-state index contributed by atoms with van der Waals surface area (Å²) in [6.07, 6.45) is -1.53. The molecular weight excluding hydrogens is 369 g/mol. The minimum absolute atomic E-state index is 0.0595. The molecule has 0 aliphatic carbocycles. The number of benzene rings is 2. The average Bonchev–Trinajstić information content (AvgIpc) is 3.13. The van der Waals surface area contributed by atoms with E-state index in [2.05, 4.69) is 20.3 Å². The number of hydrogen-bond acceptors (Lipinski definition) is 3. The van der Waals surface area contributed by atoms with Crippen LogP contribution in [0.2, 0.25) is 0 Å². The number of fused-ring (bicyclic) bond motifs is 1. The van der Waals surface area contributed by atoms with Crippen LogP contribution < -0.4 is 5.32 Å². The zero-order chi connectivity index (χ0) is 19.7. The highest BCUT2D eigenvalue weighted by Crippen LogP contribution is 2.37. The lowest BCUT2D eigenvalue weighted by Gasteiger charge is -2.10.